The normalized spacial score (nSPS) is 24.9. The van der Waals surface area contributed by atoms with E-state index in [1.165, 1.54) is 0 Å². The number of hydrogen-bond donors (Lipinski definition) is 3. The molecule has 5 nitrogen and oxygen atoms in total. The van der Waals surface area contributed by atoms with Gasteiger partial charge in [0.2, 0.25) is 0 Å². The van der Waals surface area contributed by atoms with Crippen molar-refractivity contribution in [3.05, 3.63) is 48.6 Å². The second-order valence-electron chi connectivity index (χ2n) is 6.84. The van der Waals surface area contributed by atoms with Gasteiger partial charge in [-0.15, -0.1) is 0 Å². The van der Waals surface area contributed by atoms with Crippen LogP contribution in [0.2, 0.25) is 0 Å². The average Bonchev–Trinajstić information content (AvgIpc) is 2.88. The fourth-order valence-electron chi connectivity index (χ4n) is 3.10. The van der Waals surface area contributed by atoms with E-state index < -0.39 is 18.2 Å². The van der Waals surface area contributed by atoms with Gasteiger partial charge in [-0.2, -0.15) is 0 Å². The Morgan fingerprint density at radius 1 is 1.19 bits per heavy atom. The lowest BCUT2D eigenvalue weighted by molar-refractivity contribution is -0.136. The Hall–Kier alpha value is -1.98. The maximum Gasteiger partial charge on any atom is 0.303 e. The second kappa shape index (κ2) is 13.2. The number of rotatable bonds is 12. The van der Waals surface area contributed by atoms with Crippen LogP contribution < -0.4 is 0 Å². The molecular weight excluding hydrogens is 344 g/mol. The van der Waals surface area contributed by atoms with Gasteiger partial charge in [0.1, 0.15) is 5.78 Å². The first-order chi connectivity index (χ1) is 13.0. The first-order valence-corrected chi connectivity index (χ1v) is 9.69. The number of aliphatic hydroxyl groups is 2. The van der Waals surface area contributed by atoms with Crippen molar-refractivity contribution in [3.63, 3.8) is 0 Å². The van der Waals surface area contributed by atoms with Gasteiger partial charge in [-0.05, 0) is 32.1 Å². The fraction of sp³-hybridized carbons (Fsp3) is 0.545. The van der Waals surface area contributed by atoms with Gasteiger partial charge in [-0.1, -0.05) is 55.5 Å². The zero-order valence-electron chi connectivity index (χ0n) is 16.0. The Labute approximate surface area is 161 Å². The van der Waals surface area contributed by atoms with E-state index in [0.29, 0.717) is 19.3 Å². The SMILES string of the molecule is CC/C=C\C/C=C\C[C@@H]1C(=O)C[C@H](O)[C@H]1/C=C/[C@@H](O)C/C=C\CCC(=O)O. The molecule has 3 N–H and O–H groups in total. The molecule has 1 saturated carbocycles. The maximum atomic E-state index is 12.1. The molecule has 0 amide bonds. The standard InChI is InChI=1S/C22H32O5/c1-2-3-4-5-6-9-12-18-19(21(25)16-20(18)24)15-14-17(23)11-8-7-10-13-22(26)27/h3-4,6-9,14-15,17-19,21,23,25H,2,5,10-13,16H2,1H3,(H,26,27)/b4-3-,8-7-,9-6-,15-14+/t17-,18-,19-,21-/m0/s1. The summed E-state index contributed by atoms with van der Waals surface area (Å²) in [4.78, 5) is 22.6. The fourth-order valence-corrected chi connectivity index (χ4v) is 3.10. The van der Waals surface area contributed by atoms with Crippen LogP contribution in [0.4, 0.5) is 0 Å². The minimum Gasteiger partial charge on any atom is -0.481 e. The molecule has 0 heterocycles. The molecule has 0 radical (unpaired) electrons. The molecule has 4 atom stereocenters. The predicted molar refractivity (Wildman–Crippen MR) is 106 cm³/mol. The maximum absolute atomic E-state index is 12.1. The lowest BCUT2D eigenvalue weighted by atomic mass is 9.90. The molecule has 0 spiro atoms. The summed E-state index contributed by atoms with van der Waals surface area (Å²) in [5, 5.41) is 28.7. The number of aliphatic hydroxyl groups excluding tert-OH is 2. The Balaban J connectivity index is 2.50. The number of allylic oxidation sites excluding steroid dienone is 5. The van der Waals surface area contributed by atoms with Crippen molar-refractivity contribution >= 4 is 11.8 Å². The van der Waals surface area contributed by atoms with Crippen molar-refractivity contribution in [1.82, 2.24) is 0 Å². The van der Waals surface area contributed by atoms with Crippen molar-refractivity contribution in [2.24, 2.45) is 11.8 Å². The minimum absolute atomic E-state index is 0.0638. The number of Topliss-reactive ketones (excluding diaryl/α,β-unsaturated/α-hetero) is 1. The highest BCUT2D eigenvalue weighted by Gasteiger charge is 2.39. The summed E-state index contributed by atoms with van der Waals surface area (Å²) >= 11 is 0. The van der Waals surface area contributed by atoms with Crippen LogP contribution in [-0.4, -0.2) is 39.3 Å². The number of carboxylic acids is 1. The second-order valence-corrected chi connectivity index (χ2v) is 6.84. The molecular formula is C22H32O5. The number of aliphatic carboxylic acids is 1. The Bertz CT molecular complexity index is 573. The molecule has 1 aliphatic rings. The summed E-state index contributed by atoms with van der Waals surface area (Å²) in [6.45, 7) is 2.08. The Morgan fingerprint density at radius 2 is 1.93 bits per heavy atom. The van der Waals surface area contributed by atoms with Gasteiger partial charge in [0.25, 0.3) is 0 Å². The molecule has 0 unspecified atom stereocenters. The highest BCUT2D eigenvalue weighted by Crippen LogP contribution is 2.33. The molecule has 0 aromatic heterocycles. The van der Waals surface area contributed by atoms with Gasteiger partial charge in [0, 0.05) is 24.7 Å². The van der Waals surface area contributed by atoms with Crippen LogP contribution in [0, 0.1) is 11.8 Å². The van der Waals surface area contributed by atoms with E-state index in [2.05, 4.69) is 19.1 Å². The molecule has 27 heavy (non-hydrogen) atoms. The van der Waals surface area contributed by atoms with E-state index in [0.717, 1.165) is 12.8 Å². The topological polar surface area (TPSA) is 94.8 Å². The number of hydrogen-bond acceptors (Lipinski definition) is 4. The summed E-state index contributed by atoms with van der Waals surface area (Å²) in [6.07, 6.45) is 17.1. The summed E-state index contributed by atoms with van der Waals surface area (Å²) in [6, 6.07) is 0. The van der Waals surface area contributed by atoms with E-state index in [1.54, 1.807) is 24.3 Å². The monoisotopic (exact) mass is 376 g/mol. The zero-order chi connectivity index (χ0) is 20.1. The number of carbonyl (C=O) groups excluding carboxylic acids is 1. The molecule has 1 rings (SSSR count). The number of ketones is 1. The first kappa shape index (κ1) is 23.1. The lowest BCUT2D eigenvalue weighted by Gasteiger charge is -2.16. The van der Waals surface area contributed by atoms with Gasteiger partial charge >= 0.3 is 5.97 Å². The van der Waals surface area contributed by atoms with Crippen LogP contribution in [0.3, 0.4) is 0 Å². The van der Waals surface area contributed by atoms with Gasteiger partial charge in [0.15, 0.2) is 0 Å². The highest BCUT2D eigenvalue weighted by atomic mass is 16.4. The lowest BCUT2D eigenvalue weighted by Crippen LogP contribution is -2.18. The number of carbonyl (C=O) groups is 2. The highest BCUT2D eigenvalue weighted by molar-refractivity contribution is 5.84. The molecule has 0 bridgehead atoms. The predicted octanol–water partition coefficient (Wildman–Crippen LogP) is 3.58. The average molecular weight is 376 g/mol. The van der Waals surface area contributed by atoms with Gasteiger partial charge in [-0.25, -0.2) is 0 Å². The van der Waals surface area contributed by atoms with Crippen LogP contribution >= 0.6 is 0 Å². The van der Waals surface area contributed by atoms with Gasteiger partial charge in [-0.3, -0.25) is 9.59 Å². The van der Waals surface area contributed by atoms with Crippen LogP contribution in [0.1, 0.15) is 51.9 Å². The third kappa shape index (κ3) is 9.50. The molecule has 1 aliphatic carbocycles. The summed E-state index contributed by atoms with van der Waals surface area (Å²) in [5.74, 6) is -1.31. The van der Waals surface area contributed by atoms with Crippen molar-refractivity contribution in [2.75, 3.05) is 0 Å². The first-order valence-electron chi connectivity index (χ1n) is 9.69. The van der Waals surface area contributed by atoms with E-state index in [1.807, 2.05) is 12.2 Å². The van der Waals surface area contributed by atoms with Crippen molar-refractivity contribution < 1.29 is 24.9 Å². The Morgan fingerprint density at radius 3 is 2.63 bits per heavy atom. The summed E-state index contributed by atoms with van der Waals surface area (Å²) in [5.41, 5.74) is 0. The van der Waals surface area contributed by atoms with Crippen LogP contribution in [0.5, 0.6) is 0 Å². The van der Waals surface area contributed by atoms with Crippen LogP contribution in [0.15, 0.2) is 48.6 Å². The van der Waals surface area contributed by atoms with Crippen molar-refractivity contribution in [3.8, 4) is 0 Å². The third-order valence-electron chi connectivity index (χ3n) is 4.59. The Kier molecular flexibility index (Phi) is 11.3. The minimum atomic E-state index is -0.846. The summed E-state index contributed by atoms with van der Waals surface area (Å²) in [7, 11) is 0. The largest absolute Gasteiger partial charge is 0.481 e. The van der Waals surface area contributed by atoms with E-state index in [9.17, 15) is 19.8 Å². The van der Waals surface area contributed by atoms with E-state index in [-0.39, 0.29) is 30.5 Å². The van der Waals surface area contributed by atoms with Crippen LogP contribution in [-0.2, 0) is 9.59 Å². The van der Waals surface area contributed by atoms with Gasteiger partial charge in [0.05, 0.1) is 12.2 Å². The smallest absolute Gasteiger partial charge is 0.303 e. The molecule has 0 aromatic rings. The van der Waals surface area contributed by atoms with Gasteiger partial charge < -0.3 is 15.3 Å². The van der Waals surface area contributed by atoms with E-state index in [4.69, 9.17) is 5.11 Å². The van der Waals surface area contributed by atoms with E-state index >= 15 is 0 Å². The molecule has 150 valence electrons. The molecule has 0 aromatic carbocycles. The van der Waals surface area contributed by atoms with Crippen LogP contribution in [0.25, 0.3) is 0 Å². The molecule has 5 heteroatoms. The van der Waals surface area contributed by atoms with Crippen molar-refractivity contribution in [1.29, 1.82) is 0 Å². The molecule has 0 aliphatic heterocycles. The summed E-state index contributed by atoms with van der Waals surface area (Å²) < 4.78 is 0. The van der Waals surface area contributed by atoms with Crippen molar-refractivity contribution in [2.45, 2.75) is 64.1 Å². The zero-order valence-corrected chi connectivity index (χ0v) is 16.0. The third-order valence-corrected chi connectivity index (χ3v) is 4.59. The number of carboxylic acid groups (broad SMARTS) is 1. The molecule has 1 fully saturated rings. The quantitative estimate of drug-likeness (QED) is 0.453. The molecule has 0 saturated heterocycles.